The summed E-state index contributed by atoms with van der Waals surface area (Å²) in [5.74, 6) is 0.387. The van der Waals surface area contributed by atoms with Crippen LogP contribution in [0.3, 0.4) is 0 Å². The second-order valence-electron chi connectivity index (χ2n) is 1.97. The highest BCUT2D eigenvalue weighted by Crippen LogP contribution is 2.29. The van der Waals surface area contributed by atoms with Crippen LogP contribution in [0.5, 0.6) is 11.5 Å². The lowest BCUT2D eigenvalue weighted by atomic mass is 10.3. The lowest BCUT2D eigenvalue weighted by Crippen LogP contribution is -1.81. The maximum Gasteiger partial charge on any atom is 0.191 e. The summed E-state index contributed by atoms with van der Waals surface area (Å²) in [6.07, 6.45) is 0. The SMILES string of the molecule is [C-]#[N+]c1ccc(OC)c(O)c1. The van der Waals surface area contributed by atoms with E-state index in [1.807, 2.05) is 0 Å². The Hall–Kier alpha value is -1.69. The van der Waals surface area contributed by atoms with Crippen molar-refractivity contribution < 1.29 is 9.84 Å². The molecule has 1 aromatic rings. The first kappa shape index (κ1) is 7.42. The Morgan fingerprint density at radius 1 is 1.55 bits per heavy atom. The van der Waals surface area contributed by atoms with Gasteiger partial charge in [-0.2, -0.15) is 0 Å². The topological polar surface area (TPSA) is 33.8 Å². The summed E-state index contributed by atoms with van der Waals surface area (Å²) in [6.45, 7) is 6.64. The monoisotopic (exact) mass is 149 g/mol. The van der Waals surface area contributed by atoms with E-state index in [0.29, 0.717) is 11.4 Å². The van der Waals surface area contributed by atoms with Crippen LogP contribution in [-0.2, 0) is 0 Å². The molecule has 1 aromatic carbocycles. The Balaban J connectivity index is 3.12. The van der Waals surface area contributed by atoms with Crippen LogP contribution in [0, 0.1) is 6.57 Å². The largest absolute Gasteiger partial charge is 0.505 e. The van der Waals surface area contributed by atoms with Crippen molar-refractivity contribution in [2.24, 2.45) is 0 Å². The van der Waals surface area contributed by atoms with E-state index in [2.05, 4.69) is 4.85 Å². The summed E-state index contributed by atoms with van der Waals surface area (Å²) in [5.41, 5.74) is 0.406. The van der Waals surface area contributed by atoms with E-state index >= 15 is 0 Å². The highest BCUT2D eigenvalue weighted by atomic mass is 16.5. The maximum atomic E-state index is 9.15. The van der Waals surface area contributed by atoms with E-state index in [0.717, 1.165) is 0 Å². The number of phenols is 1. The van der Waals surface area contributed by atoms with Gasteiger partial charge in [-0.1, -0.05) is 6.07 Å². The Labute approximate surface area is 64.7 Å². The minimum absolute atomic E-state index is 0.000926. The second-order valence-corrected chi connectivity index (χ2v) is 1.97. The third-order valence-corrected chi connectivity index (χ3v) is 1.29. The van der Waals surface area contributed by atoms with Crippen molar-refractivity contribution in [2.45, 2.75) is 0 Å². The first-order valence-corrected chi connectivity index (χ1v) is 3.02. The number of hydrogen-bond acceptors (Lipinski definition) is 2. The maximum absolute atomic E-state index is 9.15. The van der Waals surface area contributed by atoms with E-state index in [4.69, 9.17) is 16.4 Å². The van der Waals surface area contributed by atoms with Gasteiger partial charge in [0.1, 0.15) is 5.75 Å². The molecule has 0 saturated heterocycles. The third kappa shape index (κ3) is 1.41. The summed E-state index contributed by atoms with van der Waals surface area (Å²) in [7, 11) is 1.46. The number of rotatable bonds is 1. The fourth-order valence-electron chi connectivity index (χ4n) is 0.748. The van der Waals surface area contributed by atoms with Crippen molar-refractivity contribution >= 4 is 5.69 Å². The van der Waals surface area contributed by atoms with E-state index < -0.39 is 0 Å². The molecule has 1 rings (SSSR count). The highest BCUT2D eigenvalue weighted by Gasteiger charge is 2.00. The Kier molecular flexibility index (Phi) is 1.98. The molecule has 0 amide bonds. The van der Waals surface area contributed by atoms with Gasteiger partial charge in [0.15, 0.2) is 11.4 Å². The number of nitrogens with zero attached hydrogens (tertiary/aromatic N) is 1. The van der Waals surface area contributed by atoms with Crippen LogP contribution in [0.15, 0.2) is 18.2 Å². The molecular formula is C8H7NO2. The van der Waals surface area contributed by atoms with E-state index in [1.54, 1.807) is 12.1 Å². The molecule has 0 aliphatic heterocycles. The molecule has 0 aliphatic carbocycles. The molecule has 0 aromatic heterocycles. The summed E-state index contributed by atoms with van der Waals surface area (Å²) >= 11 is 0. The van der Waals surface area contributed by atoms with Gasteiger partial charge in [-0.15, -0.1) is 0 Å². The molecule has 56 valence electrons. The molecule has 0 aliphatic rings. The van der Waals surface area contributed by atoms with Gasteiger partial charge in [0.05, 0.1) is 13.7 Å². The smallest absolute Gasteiger partial charge is 0.191 e. The first-order chi connectivity index (χ1) is 5.27. The second kappa shape index (κ2) is 2.93. The van der Waals surface area contributed by atoms with Crippen molar-refractivity contribution in [2.75, 3.05) is 7.11 Å². The van der Waals surface area contributed by atoms with Crippen LogP contribution in [0.2, 0.25) is 0 Å². The van der Waals surface area contributed by atoms with Crippen molar-refractivity contribution in [1.82, 2.24) is 0 Å². The molecule has 0 saturated carbocycles. The molecule has 3 nitrogen and oxygen atoms in total. The average molecular weight is 149 g/mol. The quantitative estimate of drug-likeness (QED) is 0.619. The lowest BCUT2D eigenvalue weighted by Gasteiger charge is -2.01. The van der Waals surface area contributed by atoms with E-state index in [9.17, 15) is 0 Å². The number of aromatic hydroxyl groups is 1. The number of phenolic OH excluding ortho intramolecular Hbond substituents is 1. The summed E-state index contributed by atoms with van der Waals surface area (Å²) in [6, 6.07) is 4.51. The molecule has 3 heteroatoms. The Bertz CT molecular complexity index is 301. The Morgan fingerprint density at radius 3 is 2.73 bits per heavy atom. The van der Waals surface area contributed by atoms with Crippen LogP contribution in [0.4, 0.5) is 5.69 Å². The fraction of sp³-hybridized carbons (Fsp3) is 0.125. The number of methoxy groups -OCH3 is 1. The molecule has 0 bridgehead atoms. The zero-order chi connectivity index (χ0) is 8.27. The number of hydrogen-bond donors (Lipinski definition) is 1. The van der Waals surface area contributed by atoms with Crippen molar-refractivity contribution in [3.05, 3.63) is 29.6 Å². The van der Waals surface area contributed by atoms with Crippen molar-refractivity contribution in [1.29, 1.82) is 0 Å². The molecule has 1 N–H and O–H groups in total. The standard InChI is InChI=1S/C8H7NO2/c1-9-6-3-4-8(11-2)7(10)5-6/h3-5,10H,2H3. The van der Waals surface area contributed by atoms with E-state index in [-0.39, 0.29) is 5.75 Å². The van der Waals surface area contributed by atoms with E-state index in [1.165, 1.54) is 13.2 Å². The third-order valence-electron chi connectivity index (χ3n) is 1.29. The molecule has 0 unspecified atom stereocenters. The molecule has 0 radical (unpaired) electrons. The van der Waals surface area contributed by atoms with Crippen LogP contribution in [0.25, 0.3) is 4.85 Å². The van der Waals surface area contributed by atoms with Crippen molar-refractivity contribution in [3.8, 4) is 11.5 Å². The van der Waals surface area contributed by atoms with Gasteiger partial charge in [0.2, 0.25) is 0 Å². The molecule has 0 spiro atoms. The summed E-state index contributed by atoms with van der Waals surface area (Å²) in [5, 5.41) is 9.15. The van der Waals surface area contributed by atoms with Gasteiger partial charge < -0.3 is 9.84 Å². The molecule has 0 heterocycles. The summed E-state index contributed by atoms with van der Waals surface area (Å²) < 4.78 is 4.79. The zero-order valence-corrected chi connectivity index (χ0v) is 6.03. The average Bonchev–Trinajstić information content (AvgIpc) is 2.04. The first-order valence-electron chi connectivity index (χ1n) is 3.02. The predicted octanol–water partition coefficient (Wildman–Crippen LogP) is 1.95. The number of ether oxygens (including phenoxy) is 1. The minimum atomic E-state index is 0.000926. The lowest BCUT2D eigenvalue weighted by molar-refractivity contribution is 0.374. The van der Waals surface area contributed by atoms with Crippen LogP contribution >= 0.6 is 0 Å². The van der Waals surface area contributed by atoms with Gasteiger partial charge in [0, 0.05) is 0 Å². The van der Waals surface area contributed by atoms with Gasteiger partial charge in [0.25, 0.3) is 0 Å². The fourth-order valence-corrected chi connectivity index (χ4v) is 0.748. The molecule has 0 atom stereocenters. The normalized spacial score (nSPS) is 8.73. The number of benzene rings is 1. The van der Waals surface area contributed by atoms with Crippen LogP contribution in [0.1, 0.15) is 0 Å². The molecular weight excluding hydrogens is 142 g/mol. The van der Waals surface area contributed by atoms with Crippen molar-refractivity contribution in [3.63, 3.8) is 0 Å². The summed E-state index contributed by atoms with van der Waals surface area (Å²) in [4.78, 5) is 3.14. The highest BCUT2D eigenvalue weighted by molar-refractivity contribution is 5.54. The zero-order valence-electron chi connectivity index (χ0n) is 6.03. The Morgan fingerprint density at radius 2 is 2.27 bits per heavy atom. The van der Waals surface area contributed by atoms with Crippen LogP contribution < -0.4 is 4.74 Å². The van der Waals surface area contributed by atoms with Gasteiger partial charge in [-0.25, -0.2) is 4.85 Å². The molecule has 11 heavy (non-hydrogen) atoms. The van der Waals surface area contributed by atoms with Gasteiger partial charge in [-0.3, -0.25) is 0 Å². The van der Waals surface area contributed by atoms with Gasteiger partial charge >= 0.3 is 0 Å². The molecule has 0 fully saturated rings. The van der Waals surface area contributed by atoms with Gasteiger partial charge in [-0.05, 0) is 12.1 Å². The van der Waals surface area contributed by atoms with Crippen LogP contribution in [-0.4, -0.2) is 12.2 Å². The minimum Gasteiger partial charge on any atom is -0.505 e. The predicted molar refractivity (Wildman–Crippen MR) is 40.9 cm³/mol.